The number of sulfone groups is 1. The summed E-state index contributed by atoms with van der Waals surface area (Å²) in [5.41, 5.74) is 2.01. The Hall–Kier alpha value is -1.83. The predicted molar refractivity (Wildman–Crippen MR) is 120 cm³/mol. The molecule has 0 aliphatic carbocycles. The molecule has 29 heavy (non-hydrogen) atoms. The number of carbonyl (C=O) groups excluding carboxylic acids is 1. The number of aryl methyl sites for hydroxylation is 1. The second kappa shape index (κ2) is 8.50. The predicted octanol–water partition coefficient (Wildman–Crippen LogP) is 3.96. The fraction of sp³-hybridized carbons (Fsp3) is 0.333. The second-order valence-corrected chi connectivity index (χ2v) is 11.1. The van der Waals surface area contributed by atoms with Gasteiger partial charge in [-0.15, -0.1) is 0 Å². The number of amidine groups is 1. The first-order valence-electron chi connectivity index (χ1n) is 9.49. The molecule has 0 saturated carbocycles. The molecule has 2 saturated heterocycles. The van der Waals surface area contributed by atoms with Gasteiger partial charge in [0, 0.05) is 22.4 Å². The third-order valence-electron chi connectivity index (χ3n) is 5.09. The van der Waals surface area contributed by atoms with Gasteiger partial charge in [-0.2, -0.15) is 4.99 Å². The summed E-state index contributed by atoms with van der Waals surface area (Å²) in [5.74, 6) is 0.0209. The van der Waals surface area contributed by atoms with Crippen LogP contribution in [0.5, 0.6) is 0 Å². The van der Waals surface area contributed by atoms with Crippen LogP contribution in [0, 0.1) is 0 Å². The number of carbonyl (C=O) groups is 1. The molecule has 4 rings (SSSR count). The molecule has 0 bridgehead atoms. The van der Waals surface area contributed by atoms with Crippen LogP contribution in [-0.2, 0) is 21.1 Å². The van der Waals surface area contributed by atoms with E-state index in [2.05, 4.69) is 4.99 Å². The Morgan fingerprint density at radius 3 is 2.55 bits per heavy atom. The van der Waals surface area contributed by atoms with Crippen molar-refractivity contribution in [2.45, 2.75) is 30.6 Å². The zero-order valence-corrected chi connectivity index (χ0v) is 18.1. The molecule has 2 atom stereocenters. The number of rotatable bonds is 5. The number of thioether (sulfide) groups is 1. The molecular formula is C21H21ClN2O3S2. The summed E-state index contributed by atoms with van der Waals surface area (Å²) in [6.07, 6.45) is 1.92. The lowest BCUT2D eigenvalue weighted by Crippen LogP contribution is -2.37. The van der Waals surface area contributed by atoms with Gasteiger partial charge in [-0.05, 0) is 42.7 Å². The summed E-state index contributed by atoms with van der Waals surface area (Å²) in [4.78, 5) is 18.8. The Bertz CT molecular complexity index is 1020. The van der Waals surface area contributed by atoms with Gasteiger partial charge >= 0.3 is 0 Å². The molecule has 0 unspecified atom stereocenters. The van der Waals surface area contributed by atoms with Crippen molar-refractivity contribution >= 4 is 50.0 Å². The zero-order chi connectivity index (χ0) is 20.4. The van der Waals surface area contributed by atoms with E-state index < -0.39 is 9.84 Å². The third-order valence-corrected chi connectivity index (χ3v) is 8.55. The van der Waals surface area contributed by atoms with E-state index in [4.69, 9.17) is 11.6 Å². The first-order valence-corrected chi connectivity index (χ1v) is 12.6. The van der Waals surface area contributed by atoms with Crippen LogP contribution in [-0.4, -0.2) is 42.3 Å². The van der Waals surface area contributed by atoms with E-state index >= 15 is 0 Å². The molecular weight excluding hydrogens is 428 g/mol. The number of hydrogen-bond donors (Lipinski definition) is 0. The highest BCUT2D eigenvalue weighted by molar-refractivity contribution is 8.16. The van der Waals surface area contributed by atoms with Crippen LogP contribution in [0.4, 0.5) is 5.69 Å². The van der Waals surface area contributed by atoms with Gasteiger partial charge in [-0.3, -0.25) is 4.79 Å². The number of halogens is 1. The summed E-state index contributed by atoms with van der Waals surface area (Å²) < 4.78 is 24.2. The number of anilines is 1. The van der Waals surface area contributed by atoms with Gasteiger partial charge in [0.2, 0.25) is 5.91 Å². The minimum absolute atomic E-state index is 0.0779. The standard InChI is InChI=1S/C21H21ClN2O3S2/c22-16-9-11-17(12-10-16)24-18-13-29(26,27)14-19(18)28-21(24)23-20(25)8-4-7-15-5-2-1-3-6-15/h1-3,5-6,9-12,18-19H,4,7-8,13-14H2/t18-,19-/m0/s1. The van der Waals surface area contributed by atoms with E-state index in [0.717, 1.165) is 18.5 Å². The quantitative estimate of drug-likeness (QED) is 0.692. The van der Waals surface area contributed by atoms with Crippen molar-refractivity contribution in [2.75, 3.05) is 16.4 Å². The average molecular weight is 449 g/mol. The van der Waals surface area contributed by atoms with Gasteiger partial charge in [0.25, 0.3) is 0 Å². The van der Waals surface area contributed by atoms with Crippen LogP contribution in [0.3, 0.4) is 0 Å². The largest absolute Gasteiger partial charge is 0.316 e. The highest BCUT2D eigenvalue weighted by Crippen LogP contribution is 2.41. The molecule has 0 N–H and O–H groups in total. The number of amides is 1. The van der Waals surface area contributed by atoms with Crippen LogP contribution < -0.4 is 4.90 Å². The summed E-state index contributed by atoms with van der Waals surface area (Å²) in [6.45, 7) is 0. The molecule has 2 fully saturated rings. The minimum atomic E-state index is -3.08. The Morgan fingerprint density at radius 2 is 1.83 bits per heavy atom. The Balaban J connectivity index is 1.50. The van der Waals surface area contributed by atoms with Crippen molar-refractivity contribution in [3.8, 4) is 0 Å². The van der Waals surface area contributed by atoms with E-state index in [1.807, 2.05) is 47.4 Å². The molecule has 2 aliphatic rings. The lowest BCUT2D eigenvalue weighted by molar-refractivity contribution is -0.117. The maximum absolute atomic E-state index is 12.5. The van der Waals surface area contributed by atoms with Crippen molar-refractivity contribution in [1.29, 1.82) is 0 Å². The Kier molecular flexibility index (Phi) is 5.99. The van der Waals surface area contributed by atoms with Crippen LogP contribution >= 0.6 is 23.4 Å². The van der Waals surface area contributed by atoms with Gasteiger partial charge in [0.1, 0.15) is 0 Å². The molecule has 1 amide bonds. The van der Waals surface area contributed by atoms with Crippen molar-refractivity contribution in [3.63, 3.8) is 0 Å². The maximum atomic E-state index is 12.5. The van der Waals surface area contributed by atoms with Crippen molar-refractivity contribution in [1.82, 2.24) is 0 Å². The molecule has 2 aliphatic heterocycles. The molecule has 0 radical (unpaired) electrons. The topological polar surface area (TPSA) is 66.8 Å². The van der Waals surface area contributed by atoms with Crippen molar-refractivity contribution in [2.24, 2.45) is 4.99 Å². The zero-order valence-electron chi connectivity index (χ0n) is 15.7. The van der Waals surface area contributed by atoms with Crippen molar-refractivity contribution in [3.05, 3.63) is 65.2 Å². The number of aliphatic imine (C=N–C) groups is 1. The second-order valence-electron chi connectivity index (χ2n) is 7.27. The first kappa shape index (κ1) is 20.4. The molecule has 2 heterocycles. The molecule has 2 aromatic carbocycles. The van der Waals surface area contributed by atoms with Gasteiger partial charge in [0.15, 0.2) is 15.0 Å². The van der Waals surface area contributed by atoms with Gasteiger partial charge in [-0.1, -0.05) is 53.7 Å². The summed E-state index contributed by atoms with van der Waals surface area (Å²) in [7, 11) is -3.08. The van der Waals surface area contributed by atoms with E-state index in [9.17, 15) is 13.2 Å². The average Bonchev–Trinajstić information content (AvgIpc) is 3.14. The molecule has 2 aromatic rings. The number of benzene rings is 2. The minimum Gasteiger partial charge on any atom is -0.316 e. The molecule has 5 nitrogen and oxygen atoms in total. The first-order chi connectivity index (χ1) is 13.9. The van der Waals surface area contributed by atoms with E-state index in [1.54, 1.807) is 12.1 Å². The molecule has 0 aromatic heterocycles. The van der Waals surface area contributed by atoms with E-state index in [1.165, 1.54) is 17.3 Å². The molecule has 8 heteroatoms. The summed E-state index contributed by atoms with van der Waals surface area (Å²) in [5, 5.41) is 1.08. The number of nitrogens with zero attached hydrogens (tertiary/aromatic N) is 2. The fourth-order valence-electron chi connectivity index (χ4n) is 3.72. The van der Waals surface area contributed by atoms with Crippen LogP contribution in [0.2, 0.25) is 5.02 Å². The van der Waals surface area contributed by atoms with Crippen LogP contribution in [0.25, 0.3) is 0 Å². The van der Waals surface area contributed by atoms with E-state index in [0.29, 0.717) is 16.6 Å². The van der Waals surface area contributed by atoms with Crippen molar-refractivity contribution < 1.29 is 13.2 Å². The Labute approximate surface area is 180 Å². The highest BCUT2D eigenvalue weighted by atomic mass is 35.5. The third kappa shape index (κ3) is 4.85. The lowest BCUT2D eigenvalue weighted by atomic mass is 10.1. The number of hydrogen-bond acceptors (Lipinski definition) is 4. The van der Waals surface area contributed by atoms with Gasteiger partial charge in [-0.25, -0.2) is 8.42 Å². The molecule has 0 spiro atoms. The smallest absolute Gasteiger partial charge is 0.248 e. The van der Waals surface area contributed by atoms with E-state index in [-0.39, 0.29) is 28.7 Å². The van der Waals surface area contributed by atoms with Crippen LogP contribution in [0.15, 0.2) is 59.6 Å². The maximum Gasteiger partial charge on any atom is 0.248 e. The molecule has 152 valence electrons. The fourth-order valence-corrected chi connectivity index (χ4v) is 7.78. The summed E-state index contributed by atoms with van der Waals surface area (Å²) >= 11 is 7.39. The monoisotopic (exact) mass is 448 g/mol. The van der Waals surface area contributed by atoms with Crippen LogP contribution in [0.1, 0.15) is 18.4 Å². The van der Waals surface area contributed by atoms with Gasteiger partial charge < -0.3 is 4.90 Å². The number of fused-ring (bicyclic) bond motifs is 1. The lowest BCUT2D eigenvalue weighted by Gasteiger charge is -2.24. The normalized spacial score (nSPS) is 24.0. The summed E-state index contributed by atoms with van der Waals surface area (Å²) in [6, 6.07) is 17.0. The van der Waals surface area contributed by atoms with Gasteiger partial charge in [0.05, 0.1) is 17.5 Å². The Morgan fingerprint density at radius 1 is 1.10 bits per heavy atom. The highest BCUT2D eigenvalue weighted by Gasteiger charge is 2.49. The SMILES string of the molecule is O=C(CCCc1ccccc1)N=C1S[C@H]2CS(=O)(=O)C[C@@H]2N1c1ccc(Cl)cc1.